The number of ether oxygens (including phenoxy) is 3. The van der Waals surface area contributed by atoms with Gasteiger partial charge in [-0.3, -0.25) is 4.79 Å². The molecule has 0 aliphatic rings. The lowest BCUT2D eigenvalue weighted by Crippen LogP contribution is -2.22. The summed E-state index contributed by atoms with van der Waals surface area (Å²) in [5.74, 6) is 0.796. The molecule has 19 heavy (non-hydrogen) atoms. The maximum atomic E-state index is 11.0. The van der Waals surface area contributed by atoms with E-state index in [-0.39, 0.29) is 6.42 Å². The molecule has 1 N–H and O–H groups in total. The summed E-state index contributed by atoms with van der Waals surface area (Å²) in [6.07, 6.45) is -0.0142. The van der Waals surface area contributed by atoms with Crippen molar-refractivity contribution in [3.63, 3.8) is 0 Å². The average Bonchev–Trinajstić information content (AvgIpc) is 2.35. The van der Waals surface area contributed by atoms with Crippen LogP contribution in [-0.4, -0.2) is 32.4 Å². The average molecular weight is 268 g/mol. The smallest absolute Gasteiger partial charge is 0.304 e. The first kappa shape index (κ1) is 15.1. The molecule has 106 valence electrons. The second-order valence-electron chi connectivity index (χ2n) is 4.86. The number of benzene rings is 1. The lowest BCUT2D eigenvalue weighted by molar-refractivity contribution is -0.138. The second kappa shape index (κ2) is 5.82. The van der Waals surface area contributed by atoms with Gasteiger partial charge in [0.25, 0.3) is 0 Å². The fraction of sp³-hybridized carbons (Fsp3) is 0.500. The van der Waals surface area contributed by atoms with Gasteiger partial charge >= 0.3 is 5.97 Å². The molecule has 0 saturated heterocycles. The fourth-order valence-electron chi connectivity index (χ4n) is 2.03. The molecule has 0 heterocycles. The molecule has 5 nitrogen and oxygen atoms in total. The summed E-state index contributed by atoms with van der Waals surface area (Å²) in [6.45, 7) is 3.69. The van der Waals surface area contributed by atoms with Crippen molar-refractivity contribution < 1.29 is 24.1 Å². The molecule has 5 heteroatoms. The van der Waals surface area contributed by atoms with E-state index < -0.39 is 11.4 Å². The second-order valence-corrected chi connectivity index (χ2v) is 4.86. The first-order valence-corrected chi connectivity index (χ1v) is 5.88. The number of carboxylic acid groups (broad SMARTS) is 1. The largest absolute Gasteiger partial charge is 0.497 e. The van der Waals surface area contributed by atoms with Crippen LogP contribution in [-0.2, 0) is 10.2 Å². The lowest BCUT2D eigenvalue weighted by Gasteiger charge is -2.27. The molecule has 0 aliphatic carbocycles. The quantitative estimate of drug-likeness (QED) is 0.858. The van der Waals surface area contributed by atoms with E-state index in [2.05, 4.69) is 0 Å². The summed E-state index contributed by atoms with van der Waals surface area (Å²) >= 11 is 0. The Morgan fingerprint density at radius 1 is 1.16 bits per heavy atom. The van der Waals surface area contributed by atoms with E-state index in [9.17, 15) is 4.79 Å². The highest BCUT2D eigenvalue weighted by atomic mass is 16.5. The third kappa shape index (κ3) is 3.30. The van der Waals surface area contributed by atoms with Crippen LogP contribution in [0.15, 0.2) is 12.1 Å². The molecule has 1 rings (SSSR count). The molecule has 0 atom stereocenters. The van der Waals surface area contributed by atoms with Gasteiger partial charge in [0.2, 0.25) is 0 Å². The van der Waals surface area contributed by atoms with Gasteiger partial charge in [0.1, 0.15) is 5.75 Å². The van der Waals surface area contributed by atoms with Crippen LogP contribution >= 0.6 is 0 Å². The van der Waals surface area contributed by atoms with Gasteiger partial charge in [-0.05, 0) is 6.07 Å². The van der Waals surface area contributed by atoms with Gasteiger partial charge in [-0.1, -0.05) is 13.8 Å². The predicted molar refractivity (Wildman–Crippen MR) is 71.4 cm³/mol. The Morgan fingerprint density at radius 2 is 1.79 bits per heavy atom. The normalized spacial score (nSPS) is 11.0. The first-order chi connectivity index (χ1) is 8.85. The van der Waals surface area contributed by atoms with Gasteiger partial charge in [0, 0.05) is 17.0 Å². The Hall–Kier alpha value is -1.91. The zero-order valence-corrected chi connectivity index (χ0v) is 11.9. The van der Waals surface area contributed by atoms with Crippen LogP contribution in [0.25, 0.3) is 0 Å². The maximum Gasteiger partial charge on any atom is 0.304 e. The molecule has 0 spiro atoms. The summed E-state index contributed by atoms with van der Waals surface area (Å²) in [5, 5.41) is 9.02. The van der Waals surface area contributed by atoms with E-state index in [1.54, 1.807) is 19.2 Å². The van der Waals surface area contributed by atoms with E-state index in [4.69, 9.17) is 19.3 Å². The maximum absolute atomic E-state index is 11.0. The molecule has 0 amide bonds. The Balaban J connectivity index is 3.42. The molecule has 1 aromatic carbocycles. The van der Waals surface area contributed by atoms with Crippen LogP contribution < -0.4 is 14.2 Å². The standard InChI is InChI=1S/C14H20O5/c1-14(2,8-12(15)16)10-6-9(17-3)7-11(18-4)13(10)19-5/h6-7H,8H2,1-5H3,(H,15,16). The van der Waals surface area contributed by atoms with Gasteiger partial charge in [-0.25, -0.2) is 0 Å². The number of aliphatic carboxylic acids is 1. The minimum atomic E-state index is -0.867. The molecule has 0 aliphatic heterocycles. The van der Waals surface area contributed by atoms with Crippen LogP contribution in [0.4, 0.5) is 0 Å². The van der Waals surface area contributed by atoms with Gasteiger partial charge in [-0.2, -0.15) is 0 Å². The highest BCUT2D eigenvalue weighted by molar-refractivity contribution is 5.70. The molecule has 0 aromatic heterocycles. The third-order valence-corrected chi connectivity index (χ3v) is 3.01. The molecule has 0 unspecified atom stereocenters. The fourth-order valence-corrected chi connectivity index (χ4v) is 2.03. The van der Waals surface area contributed by atoms with Gasteiger partial charge in [0.05, 0.1) is 27.8 Å². The SMILES string of the molecule is COc1cc(OC)c(OC)c(C(C)(C)CC(=O)O)c1. The van der Waals surface area contributed by atoms with Crippen LogP contribution in [0.3, 0.4) is 0 Å². The van der Waals surface area contributed by atoms with Crippen molar-refractivity contribution in [1.29, 1.82) is 0 Å². The molecule has 0 radical (unpaired) electrons. The molecule has 0 fully saturated rings. The van der Waals surface area contributed by atoms with Gasteiger partial charge < -0.3 is 19.3 Å². The van der Waals surface area contributed by atoms with E-state index in [0.29, 0.717) is 17.2 Å². The summed E-state index contributed by atoms with van der Waals surface area (Å²) in [5.41, 5.74) is 0.146. The minimum Gasteiger partial charge on any atom is -0.497 e. The van der Waals surface area contributed by atoms with Crippen molar-refractivity contribution in [2.75, 3.05) is 21.3 Å². The zero-order valence-electron chi connectivity index (χ0n) is 11.9. The number of hydrogen-bond acceptors (Lipinski definition) is 4. The van der Waals surface area contributed by atoms with Crippen LogP contribution in [0, 0.1) is 0 Å². The van der Waals surface area contributed by atoms with Crippen LogP contribution in [0.1, 0.15) is 25.8 Å². The number of methoxy groups -OCH3 is 3. The van der Waals surface area contributed by atoms with Crippen molar-refractivity contribution in [2.45, 2.75) is 25.7 Å². The summed E-state index contributed by atoms with van der Waals surface area (Å²) in [4.78, 5) is 11.0. The van der Waals surface area contributed by atoms with Gasteiger partial charge in [0.15, 0.2) is 11.5 Å². The lowest BCUT2D eigenvalue weighted by atomic mass is 9.80. The monoisotopic (exact) mass is 268 g/mol. The molecular weight excluding hydrogens is 248 g/mol. The van der Waals surface area contributed by atoms with E-state index >= 15 is 0 Å². The predicted octanol–water partition coefficient (Wildman–Crippen LogP) is 2.46. The van der Waals surface area contributed by atoms with Crippen molar-refractivity contribution in [2.24, 2.45) is 0 Å². The van der Waals surface area contributed by atoms with Crippen molar-refractivity contribution in [1.82, 2.24) is 0 Å². The molecule has 0 bridgehead atoms. The Labute approximate surface area is 113 Å². The van der Waals surface area contributed by atoms with Gasteiger partial charge in [-0.15, -0.1) is 0 Å². The zero-order chi connectivity index (χ0) is 14.6. The molecular formula is C14H20O5. The Bertz CT molecular complexity index is 465. The van der Waals surface area contributed by atoms with Crippen LogP contribution in [0.2, 0.25) is 0 Å². The van der Waals surface area contributed by atoms with Crippen molar-refractivity contribution in [3.8, 4) is 17.2 Å². The highest BCUT2D eigenvalue weighted by Crippen LogP contribution is 2.43. The molecule has 1 aromatic rings. The number of carbonyl (C=O) groups is 1. The molecule has 0 saturated carbocycles. The number of carboxylic acids is 1. The summed E-state index contributed by atoms with van der Waals surface area (Å²) < 4.78 is 15.8. The first-order valence-electron chi connectivity index (χ1n) is 5.88. The topological polar surface area (TPSA) is 65.0 Å². The minimum absolute atomic E-state index is 0.0142. The van der Waals surface area contributed by atoms with E-state index in [0.717, 1.165) is 5.56 Å². The van der Waals surface area contributed by atoms with Crippen LogP contribution in [0.5, 0.6) is 17.2 Å². The number of rotatable bonds is 6. The number of hydrogen-bond donors (Lipinski definition) is 1. The highest BCUT2D eigenvalue weighted by Gasteiger charge is 2.30. The van der Waals surface area contributed by atoms with Crippen molar-refractivity contribution >= 4 is 5.97 Å². The Morgan fingerprint density at radius 3 is 2.21 bits per heavy atom. The third-order valence-electron chi connectivity index (χ3n) is 3.01. The van der Waals surface area contributed by atoms with E-state index in [1.165, 1.54) is 14.2 Å². The Kier molecular flexibility index (Phi) is 4.64. The summed E-state index contributed by atoms with van der Waals surface area (Å²) in [6, 6.07) is 3.49. The van der Waals surface area contributed by atoms with Crippen molar-refractivity contribution in [3.05, 3.63) is 17.7 Å². The summed E-state index contributed by atoms with van der Waals surface area (Å²) in [7, 11) is 4.62. The van der Waals surface area contributed by atoms with E-state index in [1.807, 2.05) is 13.8 Å².